The number of carbonyl (C=O) groups excluding carboxylic acids is 2. The fourth-order valence-corrected chi connectivity index (χ4v) is 3.25. The molecule has 2 atom stereocenters. The van der Waals surface area contributed by atoms with E-state index in [1.54, 1.807) is 19.1 Å². The van der Waals surface area contributed by atoms with Crippen molar-refractivity contribution in [3.8, 4) is 0 Å². The lowest BCUT2D eigenvalue weighted by molar-refractivity contribution is -0.122. The second kappa shape index (κ2) is 8.86. The molecule has 0 bridgehead atoms. The van der Waals surface area contributed by atoms with Crippen LogP contribution in [0.25, 0.3) is 0 Å². The number of nitrogens with one attached hydrogen (secondary N) is 2. The smallest absolute Gasteiger partial charge is 0.287 e. The van der Waals surface area contributed by atoms with E-state index < -0.39 is 6.04 Å². The molecule has 1 aromatic heterocycles. The molecule has 1 saturated carbocycles. The van der Waals surface area contributed by atoms with E-state index in [-0.39, 0.29) is 17.6 Å². The number of nitrogens with zero attached hydrogens (tertiary/aromatic N) is 1. The fraction of sp³-hybridized carbons (Fsp3) is 0.429. The highest BCUT2D eigenvalue weighted by Gasteiger charge is 2.34. The van der Waals surface area contributed by atoms with E-state index in [1.165, 1.54) is 24.7 Å². The lowest BCUT2D eigenvalue weighted by atomic mass is 10.1. The van der Waals surface area contributed by atoms with Gasteiger partial charge < -0.3 is 15.1 Å². The van der Waals surface area contributed by atoms with Gasteiger partial charge in [0.2, 0.25) is 5.91 Å². The van der Waals surface area contributed by atoms with Crippen LogP contribution in [0.5, 0.6) is 0 Å². The van der Waals surface area contributed by atoms with Gasteiger partial charge in [0, 0.05) is 19.1 Å². The summed E-state index contributed by atoms with van der Waals surface area (Å²) in [6.45, 7) is 3.10. The summed E-state index contributed by atoms with van der Waals surface area (Å²) in [5, 5.41) is 5.66. The largest absolute Gasteiger partial charge is 0.459 e. The molecule has 1 heterocycles. The monoisotopic (exact) mass is 369 g/mol. The number of likely N-dealkylation sites (N-methyl/N-ethyl adjacent to an activating group) is 1. The van der Waals surface area contributed by atoms with Crippen LogP contribution in [-0.4, -0.2) is 42.4 Å². The third kappa shape index (κ3) is 5.44. The predicted octanol–water partition coefficient (Wildman–Crippen LogP) is 2.42. The Bertz CT molecular complexity index is 741. The summed E-state index contributed by atoms with van der Waals surface area (Å²) in [5.74, 6) is 0.247. The Hall–Kier alpha value is -2.60. The van der Waals surface area contributed by atoms with Gasteiger partial charge in [-0.15, -0.1) is 0 Å². The Kier molecular flexibility index (Phi) is 6.29. The first kappa shape index (κ1) is 19.2. The molecule has 1 aliphatic rings. The lowest BCUT2D eigenvalue weighted by Crippen LogP contribution is -2.49. The Morgan fingerprint density at radius 2 is 1.93 bits per heavy atom. The van der Waals surface area contributed by atoms with Crippen molar-refractivity contribution in [3.05, 3.63) is 60.1 Å². The van der Waals surface area contributed by atoms with E-state index in [9.17, 15) is 9.59 Å². The van der Waals surface area contributed by atoms with Crippen molar-refractivity contribution in [1.29, 1.82) is 0 Å². The molecule has 2 N–H and O–H groups in total. The molecule has 6 nitrogen and oxygen atoms in total. The average Bonchev–Trinajstić information content (AvgIpc) is 3.34. The van der Waals surface area contributed by atoms with Gasteiger partial charge in [0.05, 0.1) is 6.26 Å². The Balaban J connectivity index is 1.49. The van der Waals surface area contributed by atoms with Crippen LogP contribution in [0.2, 0.25) is 0 Å². The summed E-state index contributed by atoms with van der Waals surface area (Å²) in [4.78, 5) is 26.7. The number of hydrogen-bond donors (Lipinski definition) is 2. The van der Waals surface area contributed by atoms with Crippen molar-refractivity contribution in [3.63, 3.8) is 0 Å². The molecule has 0 radical (unpaired) electrons. The molecule has 27 heavy (non-hydrogen) atoms. The quantitative estimate of drug-likeness (QED) is 0.712. The van der Waals surface area contributed by atoms with Gasteiger partial charge in [-0.05, 0) is 50.4 Å². The van der Waals surface area contributed by atoms with Crippen LogP contribution < -0.4 is 10.6 Å². The van der Waals surface area contributed by atoms with Crippen LogP contribution in [0, 0.1) is 5.92 Å². The first-order chi connectivity index (χ1) is 13.0. The summed E-state index contributed by atoms with van der Waals surface area (Å²) < 4.78 is 5.05. The number of benzene rings is 1. The van der Waals surface area contributed by atoms with E-state index in [2.05, 4.69) is 34.7 Å². The number of carbonyl (C=O) groups is 2. The fourth-order valence-electron chi connectivity index (χ4n) is 3.25. The molecule has 0 unspecified atom stereocenters. The van der Waals surface area contributed by atoms with Gasteiger partial charge in [-0.25, -0.2) is 0 Å². The Labute approximate surface area is 159 Å². The Morgan fingerprint density at radius 3 is 2.56 bits per heavy atom. The van der Waals surface area contributed by atoms with Crippen molar-refractivity contribution < 1.29 is 14.0 Å². The highest BCUT2D eigenvalue weighted by atomic mass is 16.3. The standard InChI is InChI=1S/C21H27N3O3/c1-15(23-21(26)19-9-6-12-27-19)20(25)22-13-18(17-10-11-17)24(2)14-16-7-4-3-5-8-16/h3-9,12,15,17-18H,10-11,13-14H2,1-2H3,(H,22,25)(H,23,26)/t15-,18+/m1/s1. The second-order valence-corrected chi connectivity index (χ2v) is 7.22. The van der Waals surface area contributed by atoms with Crippen LogP contribution in [-0.2, 0) is 11.3 Å². The molecular weight excluding hydrogens is 342 g/mol. The minimum absolute atomic E-state index is 0.186. The van der Waals surface area contributed by atoms with Crippen LogP contribution in [0.15, 0.2) is 53.1 Å². The van der Waals surface area contributed by atoms with Crippen LogP contribution >= 0.6 is 0 Å². The third-order valence-corrected chi connectivity index (χ3v) is 4.98. The van der Waals surface area contributed by atoms with Gasteiger partial charge in [-0.1, -0.05) is 30.3 Å². The third-order valence-electron chi connectivity index (χ3n) is 4.98. The zero-order chi connectivity index (χ0) is 19.2. The van der Waals surface area contributed by atoms with E-state index in [0.29, 0.717) is 18.5 Å². The van der Waals surface area contributed by atoms with Crippen molar-refractivity contribution in [2.75, 3.05) is 13.6 Å². The number of hydrogen-bond acceptors (Lipinski definition) is 4. The summed E-state index contributed by atoms with van der Waals surface area (Å²) in [6, 6.07) is 13.2. The van der Waals surface area contributed by atoms with Gasteiger partial charge in [0.25, 0.3) is 5.91 Å². The number of furan rings is 1. The predicted molar refractivity (Wildman–Crippen MR) is 103 cm³/mol. The van der Waals surface area contributed by atoms with Crippen LogP contribution in [0.4, 0.5) is 0 Å². The lowest BCUT2D eigenvalue weighted by Gasteiger charge is -2.29. The molecular formula is C21H27N3O3. The second-order valence-electron chi connectivity index (χ2n) is 7.22. The SMILES string of the molecule is C[C@@H](NC(=O)c1ccco1)C(=O)NC[C@@H](C1CC1)N(C)Cc1ccccc1. The minimum Gasteiger partial charge on any atom is -0.459 e. The van der Waals surface area contributed by atoms with Crippen molar-refractivity contribution in [1.82, 2.24) is 15.5 Å². The minimum atomic E-state index is -0.623. The van der Waals surface area contributed by atoms with E-state index in [1.807, 2.05) is 18.2 Å². The van der Waals surface area contributed by atoms with Crippen molar-refractivity contribution in [2.24, 2.45) is 5.92 Å². The molecule has 1 aromatic carbocycles. The molecule has 1 aliphatic carbocycles. The molecule has 144 valence electrons. The zero-order valence-corrected chi connectivity index (χ0v) is 15.9. The van der Waals surface area contributed by atoms with Gasteiger partial charge in [-0.3, -0.25) is 14.5 Å². The topological polar surface area (TPSA) is 74.6 Å². The molecule has 3 rings (SSSR count). The molecule has 0 aliphatic heterocycles. The molecule has 2 amide bonds. The first-order valence-electron chi connectivity index (χ1n) is 9.41. The van der Waals surface area contributed by atoms with Crippen molar-refractivity contribution >= 4 is 11.8 Å². The van der Waals surface area contributed by atoms with Gasteiger partial charge in [-0.2, -0.15) is 0 Å². The molecule has 2 aromatic rings. The first-order valence-corrected chi connectivity index (χ1v) is 9.41. The van der Waals surface area contributed by atoms with Gasteiger partial charge in [0.15, 0.2) is 5.76 Å². The Morgan fingerprint density at radius 1 is 1.19 bits per heavy atom. The van der Waals surface area contributed by atoms with E-state index >= 15 is 0 Å². The zero-order valence-electron chi connectivity index (χ0n) is 15.9. The highest BCUT2D eigenvalue weighted by Crippen LogP contribution is 2.35. The molecule has 0 spiro atoms. The normalized spacial score (nSPS) is 16.0. The molecule has 6 heteroatoms. The maximum Gasteiger partial charge on any atom is 0.287 e. The highest BCUT2D eigenvalue weighted by molar-refractivity contribution is 5.95. The van der Waals surface area contributed by atoms with Gasteiger partial charge >= 0.3 is 0 Å². The summed E-state index contributed by atoms with van der Waals surface area (Å²) >= 11 is 0. The number of amides is 2. The maximum absolute atomic E-state index is 12.4. The van der Waals surface area contributed by atoms with Crippen LogP contribution in [0.1, 0.15) is 35.9 Å². The average molecular weight is 369 g/mol. The summed E-state index contributed by atoms with van der Waals surface area (Å²) in [6.07, 6.45) is 3.83. The molecule has 1 fully saturated rings. The molecule has 0 saturated heterocycles. The van der Waals surface area contributed by atoms with Gasteiger partial charge in [0.1, 0.15) is 6.04 Å². The number of rotatable bonds is 9. The van der Waals surface area contributed by atoms with E-state index in [4.69, 9.17) is 4.42 Å². The summed E-state index contributed by atoms with van der Waals surface area (Å²) in [7, 11) is 2.10. The maximum atomic E-state index is 12.4. The van der Waals surface area contributed by atoms with Crippen LogP contribution in [0.3, 0.4) is 0 Å². The van der Waals surface area contributed by atoms with E-state index in [0.717, 1.165) is 6.54 Å². The van der Waals surface area contributed by atoms with Crippen molar-refractivity contribution in [2.45, 2.75) is 38.4 Å². The summed E-state index contributed by atoms with van der Waals surface area (Å²) in [5.41, 5.74) is 1.26.